The molecule has 0 saturated heterocycles. The minimum Gasteiger partial charge on any atom is -0.375 e. The number of anilines is 1. The largest absolute Gasteiger partial charge is 0.375 e. The van der Waals surface area contributed by atoms with E-state index in [1.165, 1.54) is 23.8 Å². The fraction of sp³-hybridized carbons (Fsp3) is 0.222. The van der Waals surface area contributed by atoms with Crippen LogP contribution < -0.4 is 5.32 Å². The molecule has 2 N–H and O–H groups in total. The molecule has 0 aliphatic rings. The summed E-state index contributed by atoms with van der Waals surface area (Å²) in [4.78, 5) is 11.6. The Bertz CT molecular complexity index is 848. The molecule has 118 valence electrons. The molecule has 0 aliphatic carbocycles. The first-order valence-electron chi connectivity index (χ1n) is 7.42. The number of hydrogen-bond acceptors (Lipinski definition) is 3. The Morgan fingerprint density at radius 1 is 1.13 bits per heavy atom. The maximum Gasteiger partial charge on any atom is 0.251 e. The molecular formula is C18H19N3O2. The highest BCUT2D eigenvalue weighted by atomic mass is 16.5. The normalized spacial score (nSPS) is 10.9. The van der Waals surface area contributed by atoms with Crippen LogP contribution in [0.1, 0.15) is 11.1 Å². The molecule has 0 spiro atoms. The number of H-pyrrole nitrogens is 1. The van der Waals surface area contributed by atoms with Crippen molar-refractivity contribution in [2.24, 2.45) is 0 Å². The van der Waals surface area contributed by atoms with Crippen molar-refractivity contribution in [1.29, 1.82) is 0 Å². The number of carbonyl (C=O) groups is 1. The molecule has 0 radical (unpaired) electrons. The average molecular weight is 309 g/mol. The second-order valence-electron chi connectivity index (χ2n) is 5.69. The number of rotatable bonds is 4. The Kier molecular flexibility index (Phi) is 4.12. The lowest BCUT2D eigenvalue weighted by atomic mass is 10.00. The van der Waals surface area contributed by atoms with Crippen LogP contribution >= 0.6 is 0 Å². The van der Waals surface area contributed by atoms with E-state index < -0.39 is 0 Å². The maximum absolute atomic E-state index is 11.6. The second-order valence-corrected chi connectivity index (χ2v) is 5.69. The number of fused-ring (bicyclic) bond motifs is 1. The molecule has 1 heterocycles. The average Bonchev–Trinajstić information content (AvgIpc) is 2.89. The number of benzene rings is 2. The predicted octanol–water partition coefficient (Wildman–Crippen LogP) is 3.43. The van der Waals surface area contributed by atoms with Crippen molar-refractivity contribution in [3.63, 3.8) is 0 Å². The van der Waals surface area contributed by atoms with Gasteiger partial charge in [0.25, 0.3) is 5.91 Å². The van der Waals surface area contributed by atoms with Gasteiger partial charge in [-0.1, -0.05) is 35.4 Å². The molecule has 1 aromatic heterocycles. The number of aryl methyl sites for hydroxylation is 2. The number of methoxy groups -OCH3 is 1. The smallest absolute Gasteiger partial charge is 0.251 e. The molecular weight excluding hydrogens is 290 g/mol. The number of ether oxygens (including phenoxy) is 1. The van der Waals surface area contributed by atoms with Gasteiger partial charge >= 0.3 is 0 Å². The van der Waals surface area contributed by atoms with Gasteiger partial charge in [0.2, 0.25) is 0 Å². The first-order chi connectivity index (χ1) is 11.1. The van der Waals surface area contributed by atoms with E-state index >= 15 is 0 Å². The van der Waals surface area contributed by atoms with Crippen LogP contribution in [0.15, 0.2) is 36.4 Å². The minimum absolute atomic E-state index is 0.00893. The van der Waals surface area contributed by atoms with Gasteiger partial charge in [-0.05, 0) is 37.1 Å². The van der Waals surface area contributed by atoms with Crippen LogP contribution in [-0.2, 0) is 9.53 Å². The van der Waals surface area contributed by atoms with Gasteiger partial charge < -0.3 is 10.1 Å². The second kappa shape index (κ2) is 6.22. The van der Waals surface area contributed by atoms with E-state index in [0.717, 1.165) is 16.5 Å². The lowest BCUT2D eigenvalue weighted by Gasteiger charge is -2.06. The quantitative estimate of drug-likeness (QED) is 0.776. The van der Waals surface area contributed by atoms with Crippen LogP contribution in [0.2, 0.25) is 0 Å². The van der Waals surface area contributed by atoms with Crippen LogP contribution in [0.5, 0.6) is 0 Å². The topological polar surface area (TPSA) is 67.0 Å². The van der Waals surface area contributed by atoms with E-state index in [4.69, 9.17) is 4.74 Å². The van der Waals surface area contributed by atoms with Gasteiger partial charge in [0.05, 0.1) is 5.52 Å². The molecule has 5 heteroatoms. The molecule has 0 aliphatic heterocycles. The van der Waals surface area contributed by atoms with E-state index in [2.05, 4.69) is 47.6 Å². The summed E-state index contributed by atoms with van der Waals surface area (Å²) >= 11 is 0. The first kappa shape index (κ1) is 15.2. The number of aromatic amines is 1. The Labute approximate surface area is 134 Å². The fourth-order valence-electron chi connectivity index (χ4n) is 2.74. The van der Waals surface area contributed by atoms with Crippen LogP contribution in [0.4, 0.5) is 5.82 Å². The molecule has 2 aromatic carbocycles. The molecule has 23 heavy (non-hydrogen) atoms. The number of hydrogen-bond donors (Lipinski definition) is 2. The summed E-state index contributed by atoms with van der Waals surface area (Å²) in [6, 6.07) is 12.5. The van der Waals surface area contributed by atoms with Crippen LogP contribution in [-0.4, -0.2) is 29.8 Å². The van der Waals surface area contributed by atoms with Crippen LogP contribution in [0.3, 0.4) is 0 Å². The SMILES string of the molecule is COCC(=O)Nc1n[nH]c2cc(-c3cc(C)cc(C)c3)ccc12. The van der Waals surface area contributed by atoms with Gasteiger partial charge in [-0.25, -0.2) is 0 Å². The van der Waals surface area contributed by atoms with E-state index in [1.54, 1.807) is 0 Å². The Morgan fingerprint density at radius 2 is 1.87 bits per heavy atom. The molecule has 0 fully saturated rings. The van der Waals surface area contributed by atoms with E-state index in [9.17, 15) is 4.79 Å². The van der Waals surface area contributed by atoms with Crippen molar-refractivity contribution >= 4 is 22.6 Å². The predicted molar refractivity (Wildman–Crippen MR) is 91.5 cm³/mol. The highest BCUT2D eigenvalue weighted by Crippen LogP contribution is 2.28. The van der Waals surface area contributed by atoms with Gasteiger partial charge in [-0.2, -0.15) is 5.10 Å². The number of nitrogens with zero attached hydrogens (tertiary/aromatic N) is 1. The summed E-state index contributed by atoms with van der Waals surface area (Å²) in [6.45, 7) is 4.19. The van der Waals surface area contributed by atoms with Gasteiger partial charge in [-0.3, -0.25) is 9.89 Å². The molecule has 3 rings (SSSR count). The zero-order valence-electron chi connectivity index (χ0n) is 13.4. The molecule has 3 aromatic rings. The van der Waals surface area contributed by atoms with Crippen molar-refractivity contribution in [3.05, 3.63) is 47.5 Å². The summed E-state index contributed by atoms with van der Waals surface area (Å²) in [7, 11) is 1.48. The standard InChI is InChI=1S/C18H19N3O2/c1-11-6-12(2)8-14(7-11)13-4-5-15-16(9-13)20-21-18(15)19-17(22)10-23-3/h4-9H,10H2,1-3H3,(H2,19,20,21,22). The summed E-state index contributed by atoms with van der Waals surface area (Å²) in [6.07, 6.45) is 0. The number of amides is 1. The minimum atomic E-state index is -0.223. The summed E-state index contributed by atoms with van der Waals surface area (Å²) in [5.41, 5.74) is 5.63. The Hall–Kier alpha value is -2.66. The summed E-state index contributed by atoms with van der Waals surface area (Å²) < 4.78 is 4.81. The van der Waals surface area contributed by atoms with E-state index in [1.807, 2.05) is 18.2 Å². The zero-order valence-corrected chi connectivity index (χ0v) is 13.4. The van der Waals surface area contributed by atoms with Gasteiger partial charge in [-0.15, -0.1) is 0 Å². The summed E-state index contributed by atoms with van der Waals surface area (Å²) in [5.74, 6) is 0.299. The van der Waals surface area contributed by atoms with Crippen LogP contribution in [0.25, 0.3) is 22.0 Å². The zero-order chi connectivity index (χ0) is 16.4. The fourth-order valence-corrected chi connectivity index (χ4v) is 2.74. The van der Waals surface area contributed by atoms with Gasteiger partial charge in [0, 0.05) is 12.5 Å². The highest BCUT2D eigenvalue weighted by Gasteiger charge is 2.10. The molecule has 0 bridgehead atoms. The van der Waals surface area contributed by atoms with Crippen molar-refractivity contribution in [1.82, 2.24) is 10.2 Å². The van der Waals surface area contributed by atoms with E-state index in [-0.39, 0.29) is 12.5 Å². The van der Waals surface area contributed by atoms with Crippen molar-refractivity contribution in [2.45, 2.75) is 13.8 Å². The molecule has 0 atom stereocenters. The van der Waals surface area contributed by atoms with E-state index in [0.29, 0.717) is 5.82 Å². The molecule has 0 unspecified atom stereocenters. The van der Waals surface area contributed by atoms with Crippen LogP contribution in [0, 0.1) is 13.8 Å². The van der Waals surface area contributed by atoms with Gasteiger partial charge in [0.15, 0.2) is 5.82 Å². The lowest BCUT2D eigenvalue weighted by molar-refractivity contribution is -0.119. The number of nitrogens with one attached hydrogen (secondary N) is 2. The first-order valence-corrected chi connectivity index (χ1v) is 7.42. The van der Waals surface area contributed by atoms with Crippen molar-refractivity contribution in [3.8, 4) is 11.1 Å². The Balaban J connectivity index is 1.96. The summed E-state index contributed by atoms with van der Waals surface area (Å²) in [5, 5.41) is 10.8. The molecule has 1 amide bonds. The molecule has 5 nitrogen and oxygen atoms in total. The molecule has 0 saturated carbocycles. The third-order valence-electron chi connectivity index (χ3n) is 3.65. The lowest BCUT2D eigenvalue weighted by Crippen LogP contribution is -2.17. The third-order valence-corrected chi connectivity index (χ3v) is 3.65. The number of carbonyl (C=O) groups excluding carboxylic acids is 1. The number of aromatic nitrogens is 2. The third kappa shape index (κ3) is 3.24. The Morgan fingerprint density at radius 3 is 2.57 bits per heavy atom. The van der Waals surface area contributed by atoms with Crippen molar-refractivity contribution < 1.29 is 9.53 Å². The van der Waals surface area contributed by atoms with Gasteiger partial charge in [0.1, 0.15) is 6.61 Å². The highest BCUT2D eigenvalue weighted by molar-refractivity contribution is 6.01. The monoisotopic (exact) mass is 309 g/mol. The van der Waals surface area contributed by atoms with Crippen molar-refractivity contribution in [2.75, 3.05) is 19.0 Å². The maximum atomic E-state index is 11.6.